The lowest BCUT2D eigenvalue weighted by Gasteiger charge is -2.18. The van der Waals surface area contributed by atoms with Gasteiger partial charge in [-0.1, -0.05) is 29.3 Å². The number of hydrogen-bond donors (Lipinski definition) is 1. The van der Waals surface area contributed by atoms with Crippen LogP contribution in [-0.2, 0) is 16.1 Å². The maximum atomic E-state index is 12.5. The molecular formula is C23H25ClN4O3S. The Bertz CT molecular complexity index is 1100. The highest BCUT2D eigenvalue weighted by molar-refractivity contribution is 7.14. The van der Waals surface area contributed by atoms with E-state index in [4.69, 9.17) is 16.3 Å². The lowest BCUT2D eigenvalue weighted by atomic mass is 10.2. The molecule has 0 saturated heterocycles. The SMILES string of the molecule is COc1ccc(Cl)cc1NC(=O)CN(C)Cc1csc(N(C(C)=O)c2ccc(C)cc2)n1. The van der Waals surface area contributed by atoms with Gasteiger partial charge in [0, 0.05) is 23.9 Å². The van der Waals surface area contributed by atoms with Crippen molar-refractivity contribution in [3.8, 4) is 5.75 Å². The first kappa shape index (κ1) is 23.7. The maximum absolute atomic E-state index is 12.5. The van der Waals surface area contributed by atoms with Crippen molar-refractivity contribution in [3.63, 3.8) is 0 Å². The average Bonchev–Trinajstić information content (AvgIpc) is 3.17. The fourth-order valence-corrected chi connectivity index (χ4v) is 4.19. The van der Waals surface area contributed by atoms with Crippen molar-refractivity contribution < 1.29 is 14.3 Å². The van der Waals surface area contributed by atoms with Crippen molar-refractivity contribution in [1.82, 2.24) is 9.88 Å². The van der Waals surface area contributed by atoms with E-state index in [1.165, 1.54) is 25.4 Å². The number of anilines is 3. The molecule has 1 heterocycles. The zero-order valence-corrected chi connectivity index (χ0v) is 20.0. The van der Waals surface area contributed by atoms with Crippen LogP contribution in [0.2, 0.25) is 5.02 Å². The molecule has 2 aromatic carbocycles. The summed E-state index contributed by atoms with van der Waals surface area (Å²) < 4.78 is 5.26. The number of carbonyl (C=O) groups is 2. The second-order valence-corrected chi connectivity index (χ2v) is 8.65. The zero-order chi connectivity index (χ0) is 23.3. The van der Waals surface area contributed by atoms with Gasteiger partial charge in [-0.05, 0) is 44.3 Å². The minimum absolute atomic E-state index is 0.113. The van der Waals surface area contributed by atoms with Gasteiger partial charge < -0.3 is 10.1 Å². The van der Waals surface area contributed by atoms with Gasteiger partial charge in [0.2, 0.25) is 11.8 Å². The summed E-state index contributed by atoms with van der Waals surface area (Å²) in [5, 5.41) is 5.82. The molecule has 0 atom stereocenters. The predicted molar refractivity (Wildman–Crippen MR) is 129 cm³/mol. The smallest absolute Gasteiger partial charge is 0.238 e. The van der Waals surface area contributed by atoms with Crippen LogP contribution < -0.4 is 15.0 Å². The summed E-state index contributed by atoms with van der Waals surface area (Å²) in [6.07, 6.45) is 0. The van der Waals surface area contributed by atoms with Crippen molar-refractivity contribution in [1.29, 1.82) is 0 Å². The molecule has 0 aliphatic carbocycles. The highest BCUT2D eigenvalue weighted by Gasteiger charge is 2.19. The van der Waals surface area contributed by atoms with E-state index in [2.05, 4.69) is 10.3 Å². The molecule has 0 bridgehead atoms. The highest BCUT2D eigenvalue weighted by Crippen LogP contribution is 2.30. The van der Waals surface area contributed by atoms with Gasteiger partial charge in [0.1, 0.15) is 5.75 Å². The zero-order valence-electron chi connectivity index (χ0n) is 18.4. The second-order valence-electron chi connectivity index (χ2n) is 7.38. The van der Waals surface area contributed by atoms with E-state index in [0.29, 0.717) is 28.1 Å². The van der Waals surface area contributed by atoms with E-state index in [0.717, 1.165) is 16.9 Å². The van der Waals surface area contributed by atoms with Gasteiger partial charge in [-0.3, -0.25) is 19.4 Å². The number of nitrogens with zero attached hydrogens (tertiary/aromatic N) is 3. The van der Waals surface area contributed by atoms with Crippen molar-refractivity contribution in [3.05, 3.63) is 64.1 Å². The van der Waals surface area contributed by atoms with Gasteiger partial charge in [0.15, 0.2) is 5.13 Å². The standard InChI is InChI=1S/C23H25ClN4O3S/c1-15-5-8-19(9-6-15)28(16(2)29)23-25-18(14-32-23)12-27(3)13-22(30)26-20-11-17(24)7-10-21(20)31-4/h5-11,14H,12-13H2,1-4H3,(H,26,30). The van der Waals surface area contributed by atoms with Crippen LogP contribution >= 0.6 is 22.9 Å². The Balaban J connectivity index is 1.64. The molecule has 168 valence electrons. The largest absolute Gasteiger partial charge is 0.495 e. The molecule has 0 fully saturated rings. The third-order valence-corrected chi connectivity index (χ3v) is 5.73. The second kappa shape index (κ2) is 10.6. The Kier molecular flexibility index (Phi) is 7.84. The monoisotopic (exact) mass is 472 g/mol. The number of benzene rings is 2. The number of halogens is 1. The Hall–Kier alpha value is -2.94. The maximum Gasteiger partial charge on any atom is 0.238 e. The van der Waals surface area contributed by atoms with E-state index in [1.807, 2.05) is 48.5 Å². The molecule has 0 spiro atoms. The van der Waals surface area contributed by atoms with Crippen LogP contribution in [0.5, 0.6) is 5.75 Å². The minimum atomic E-state index is -0.200. The van der Waals surface area contributed by atoms with Crippen LogP contribution in [0.25, 0.3) is 0 Å². The molecule has 9 heteroatoms. The van der Waals surface area contributed by atoms with Gasteiger partial charge in [-0.15, -0.1) is 11.3 Å². The summed E-state index contributed by atoms with van der Waals surface area (Å²) in [5.41, 5.74) is 3.18. The number of rotatable bonds is 8. The number of carbonyl (C=O) groups excluding carboxylic acids is 2. The highest BCUT2D eigenvalue weighted by atomic mass is 35.5. The quantitative estimate of drug-likeness (QED) is 0.506. The normalized spacial score (nSPS) is 10.8. The minimum Gasteiger partial charge on any atom is -0.495 e. The number of ether oxygens (including phenoxy) is 1. The molecule has 0 unspecified atom stereocenters. The number of amides is 2. The number of likely N-dealkylation sites (N-methyl/N-ethyl adjacent to an activating group) is 1. The summed E-state index contributed by atoms with van der Waals surface area (Å²) >= 11 is 7.41. The number of aromatic nitrogens is 1. The first-order chi connectivity index (χ1) is 15.3. The van der Waals surface area contributed by atoms with Gasteiger partial charge in [-0.2, -0.15) is 0 Å². The van der Waals surface area contributed by atoms with Crippen molar-refractivity contribution in [2.24, 2.45) is 0 Å². The van der Waals surface area contributed by atoms with E-state index in [-0.39, 0.29) is 18.4 Å². The third kappa shape index (κ3) is 6.06. The van der Waals surface area contributed by atoms with Crippen LogP contribution in [0, 0.1) is 6.92 Å². The number of thiazole rings is 1. The van der Waals surface area contributed by atoms with Crippen LogP contribution in [0.15, 0.2) is 47.8 Å². The van der Waals surface area contributed by atoms with Gasteiger partial charge in [0.25, 0.3) is 0 Å². The molecule has 2 amide bonds. The molecule has 1 aromatic heterocycles. The van der Waals surface area contributed by atoms with Crippen LogP contribution in [-0.4, -0.2) is 42.4 Å². The Morgan fingerprint density at radius 3 is 2.56 bits per heavy atom. The Morgan fingerprint density at radius 2 is 1.91 bits per heavy atom. The number of nitrogens with one attached hydrogen (secondary N) is 1. The fourth-order valence-electron chi connectivity index (χ4n) is 3.14. The topological polar surface area (TPSA) is 74.8 Å². The first-order valence-corrected chi connectivity index (χ1v) is 11.2. The summed E-state index contributed by atoms with van der Waals surface area (Å²) in [4.78, 5) is 32.8. The van der Waals surface area contributed by atoms with Crippen molar-refractivity contribution >= 4 is 51.3 Å². The molecule has 0 radical (unpaired) electrons. The molecule has 0 aliphatic heterocycles. The van der Waals surface area contributed by atoms with Crippen LogP contribution in [0.4, 0.5) is 16.5 Å². The fraction of sp³-hybridized carbons (Fsp3) is 0.261. The summed E-state index contributed by atoms with van der Waals surface area (Å²) in [7, 11) is 3.36. The lowest BCUT2D eigenvalue weighted by molar-refractivity contribution is -0.117. The molecule has 7 nitrogen and oxygen atoms in total. The summed E-state index contributed by atoms with van der Waals surface area (Å²) in [6, 6.07) is 12.8. The van der Waals surface area contributed by atoms with Crippen molar-refractivity contribution in [2.45, 2.75) is 20.4 Å². The summed E-state index contributed by atoms with van der Waals surface area (Å²) in [6.45, 7) is 4.12. The summed E-state index contributed by atoms with van der Waals surface area (Å²) in [5.74, 6) is 0.224. The van der Waals surface area contributed by atoms with E-state index in [1.54, 1.807) is 23.1 Å². The molecule has 0 saturated carbocycles. The molecule has 32 heavy (non-hydrogen) atoms. The number of hydrogen-bond acceptors (Lipinski definition) is 6. The van der Waals surface area contributed by atoms with Crippen LogP contribution in [0.1, 0.15) is 18.2 Å². The molecule has 1 N–H and O–H groups in total. The number of aryl methyl sites for hydroxylation is 1. The average molecular weight is 473 g/mol. The van der Waals surface area contributed by atoms with Gasteiger partial charge in [-0.25, -0.2) is 4.98 Å². The Labute approximate surface area is 196 Å². The molecule has 3 aromatic rings. The Morgan fingerprint density at radius 1 is 1.19 bits per heavy atom. The molecule has 0 aliphatic rings. The third-order valence-electron chi connectivity index (χ3n) is 4.62. The first-order valence-electron chi connectivity index (χ1n) is 9.90. The van der Waals surface area contributed by atoms with Gasteiger partial charge >= 0.3 is 0 Å². The van der Waals surface area contributed by atoms with E-state index in [9.17, 15) is 9.59 Å². The lowest BCUT2D eigenvalue weighted by Crippen LogP contribution is -2.30. The predicted octanol–water partition coefficient (Wildman–Crippen LogP) is 4.87. The van der Waals surface area contributed by atoms with E-state index < -0.39 is 0 Å². The molecular weight excluding hydrogens is 448 g/mol. The van der Waals surface area contributed by atoms with Crippen LogP contribution in [0.3, 0.4) is 0 Å². The van der Waals surface area contributed by atoms with E-state index >= 15 is 0 Å². The van der Waals surface area contributed by atoms with Gasteiger partial charge in [0.05, 0.1) is 30.7 Å². The van der Waals surface area contributed by atoms with Crippen molar-refractivity contribution in [2.75, 3.05) is 30.9 Å². The number of methoxy groups -OCH3 is 1. The molecule has 3 rings (SSSR count).